The summed E-state index contributed by atoms with van der Waals surface area (Å²) in [5.74, 6) is 0. The van der Waals surface area contributed by atoms with Crippen LogP contribution in [0.2, 0.25) is 0 Å². The van der Waals surface area contributed by atoms with E-state index >= 15 is 0 Å². The van der Waals surface area contributed by atoms with Gasteiger partial charge in [0, 0.05) is 6.07 Å². The smallest absolute Gasteiger partial charge is 0.220 e. The first kappa shape index (κ1) is 7.44. The number of hydroxylamine groups is 1. The lowest BCUT2D eigenvalue weighted by Gasteiger charge is -2.09. The van der Waals surface area contributed by atoms with Crippen LogP contribution in [0.25, 0.3) is 5.70 Å². The van der Waals surface area contributed by atoms with Gasteiger partial charge in [-0.1, -0.05) is 12.1 Å². The Labute approximate surface area is 79.8 Å². The van der Waals surface area contributed by atoms with Crippen LogP contribution in [-0.4, -0.2) is 18.6 Å². The van der Waals surface area contributed by atoms with Gasteiger partial charge in [-0.2, -0.15) is 4.74 Å². The van der Waals surface area contributed by atoms with E-state index in [1.54, 1.807) is 6.07 Å². The summed E-state index contributed by atoms with van der Waals surface area (Å²) < 4.78 is 0.951. The van der Waals surface area contributed by atoms with Gasteiger partial charge < -0.3 is 5.21 Å². The second-order valence-electron chi connectivity index (χ2n) is 3.22. The van der Waals surface area contributed by atoms with Crippen molar-refractivity contribution in [1.29, 1.82) is 0 Å². The zero-order valence-electron chi connectivity index (χ0n) is 7.34. The number of hydrogen-bond donors (Lipinski definition) is 0. The van der Waals surface area contributed by atoms with Gasteiger partial charge in [0.25, 0.3) is 0 Å². The summed E-state index contributed by atoms with van der Waals surface area (Å²) in [7, 11) is 0. The molecule has 68 valence electrons. The molecule has 2 heterocycles. The van der Waals surface area contributed by atoms with Crippen LogP contribution in [0.15, 0.2) is 34.3 Å². The number of benzene rings is 1. The van der Waals surface area contributed by atoms with E-state index < -0.39 is 0 Å². The number of fused-ring (bicyclic) bond motifs is 2. The normalized spacial score (nSPS) is 17.9. The Bertz CT molecular complexity index is 584. The first-order chi connectivity index (χ1) is 6.86. The van der Waals surface area contributed by atoms with Gasteiger partial charge in [0.2, 0.25) is 5.36 Å². The number of rotatable bonds is 0. The van der Waals surface area contributed by atoms with E-state index in [2.05, 4.69) is 9.98 Å². The number of nitrogens with zero attached hydrogens (tertiary/aromatic N) is 3. The molecule has 0 radical (unpaired) electrons. The molecule has 0 aromatic heterocycles. The fourth-order valence-corrected chi connectivity index (χ4v) is 1.75. The van der Waals surface area contributed by atoms with Gasteiger partial charge in [-0.05, 0) is 6.07 Å². The second-order valence-corrected chi connectivity index (χ2v) is 3.22. The molecule has 0 saturated heterocycles. The first-order valence-electron chi connectivity index (χ1n) is 4.37. The van der Waals surface area contributed by atoms with Gasteiger partial charge >= 0.3 is 0 Å². The molecule has 4 heteroatoms. The predicted molar refractivity (Wildman–Crippen MR) is 54.5 cm³/mol. The van der Waals surface area contributed by atoms with Crippen molar-refractivity contribution in [3.05, 3.63) is 40.0 Å². The van der Waals surface area contributed by atoms with Crippen molar-refractivity contribution < 1.29 is 0 Å². The monoisotopic (exact) mass is 185 g/mol. The topological polar surface area (TPSA) is 50.8 Å². The van der Waals surface area contributed by atoms with Gasteiger partial charge in [0.15, 0.2) is 6.54 Å². The van der Waals surface area contributed by atoms with Crippen LogP contribution in [0.4, 0.5) is 0 Å². The fourth-order valence-electron chi connectivity index (χ4n) is 1.75. The van der Waals surface area contributed by atoms with Crippen LogP contribution >= 0.6 is 0 Å². The number of hydrogen-bond acceptors (Lipinski definition) is 3. The van der Waals surface area contributed by atoms with Crippen molar-refractivity contribution in [2.24, 2.45) is 9.98 Å². The molecule has 0 N–H and O–H groups in total. The van der Waals surface area contributed by atoms with Crippen molar-refractivity contribution in [3.63, 3.8) is 0 Å². The quantitative estimate of drug-likeness (QED) is 0.388. The molecule has 2 aliphatic rings. The molecule has 1 aromatic rings. The molecule has 0 aliphatic carbocycles. The van der Waals surface area contributed by atoms with Crippen molar-refractivity contribution in [2.45, 2.75) is 0 Å². The second kappa shape index (κ2) is 2.51. The van der Waals surface area contributed by atoms with Crippen molar-refractivity contribution in [1.82, 2.24) is 4.74 Å². The zero-order chi connectivity index (χ0) is 9.54. The average Bonchev–Trinajstić information content (AvgIpc) is 2.66. The number of para-hydroxylation sites is 1. The van der Waals surface area contributed by atoms with Crippen molar-refractivity contribution >= 4 is 17.7 Å². The standard InChI is InChI=1S/C10H7N3O/c14-13-5-8-10(12-6-11-8)7-3-1-2-4-9(7)13/h1-4,6H,5H2. The molecule has 1 aromatic carbocycles. The van der Waals surface area contributed by atoms with E-state index in [9.17, 15) is 5.21 Å². The van der Waals surface area contributed by atoms with Crippen molar-refractivity contribution in [3.8, 4) is 0 Å². The Morgan fingerprint density at radius 2 is 2.14 bits per heavy atom. The Morgan fingerprint density at radius 1 is 1.29 bits per heavy atom. The predicted octanol–water partition coefficient (Wildman–Crippen LogP) is -0.720. The Balaban J connectivity index is 2.56. The highest BCUT2D eigenvalue weighted by molar-refractivity contribution is 6.25. The summed E-state index contributed by atoms with van der Waals surface area (Å²) in [6.45, 7) is 0.298. The molecule has 0 spiro atoms. The third-order valence-corrected chi connectivity index (χ3v) is 2.39. The SMILES string of the molecule is [O-][N+]1=c2ccccc2=C2N=CN=C2C1. The molecule has 4 nitrogen and oxygen atoms in total. The largest absolute Gasteiger partial charge is 0.623 e. The molecule has 14 heavy (non-hydrogen) atoms. The molecule has 0 bridgehead atoms. The Kier molecular flexibility index (Phi) is 1.33. The number of aliphatic imine (C=N–C) groups is 2. The summed E-state index contributed by atoms with van der Waals surface area (Å²) in [4.78, 5) is 8.21. The third-order valence-electron chi connectivity index (χ3n) is 2.39. The molecule has 0 fully saturated rings. The summed E-state index contributed by atoms with van der Waals surface area (Å²) in [5.41, 5.74) is 1.60. The van der Waals surface area contributed by atoms with E-state index in [1.807, 2.05) is 18.2 Å². The molecular formula is C10H7N3O. The Morgan fingerprint density at radius 3 is 3.07 bits per heavy atom. The van der Waals surface area contributed by atoms with E-state index in [0.29, 0.717) is 11.9 Å². The lowest BCUT2D eigenvalue weighted by molar-refractivity contribution is 0.817. The zero-order valence-corrected chi connectivity index (χ0v) is 7.34. The fraction of sp³-hybridized carbons (Fsp3) is 0.100. The van der Waals surface area contributed by atoms with Gasteiger partial charge in [-0.25, -0.2) is 9.98 Å². The molecule has 0 unspecified atom stereocenters. The van der Waals surface area contributed by atoms with Crippen LogP contribution in [0.5, 0.6) is 0 Å². The minimum Gasteiger partial charge on any atom is -0.623 e. The van der Waals surface area contributed by atoms with Crippen LogP contribution in [0.1, 0.15) is 0 Å². The highest BCUT2D eigenvalue weighted by atomic mass is 16.5. The maximum Gasteiger partial charge on any atom is 0.220 e. The van der Waals surface area contributed by atoms with Gasteiger partial charge in [-0.15, -0.1) is 0 Å². The molecule has 2 aliphatic heterocycles. The summed E-state index contributed by atoms with van der Waals surface area (Å²) >= 11 is 0. The first-order valence-corrected chi connectivity index (χ1v) is 4.37. The van der Waals surface area contributed by atoms with Crippen molar-refractivity contribution in [2.75, 3.05) is 6.54 Å². The highest BCUT2D eigenvalue weighted by Gasteiger charge is 2.21. The van der Waals surface area contributed by atoms with E-state index in [-0.39, 0.29) is 0 Å². The molecule has 0 amide bonds. The summed E-state index contributed by atoms with van der Waals surface area (Å²) in [6.07, 6.45) is 1.50. The molecule has 3 rings (SSSR count). The van der Waals surface area contributed by atoms with Crippen LogP contribution < -0.4 is 15.3 Å². The van der Waals surface area contributed by atoms with E-state index in [1.165, 1.54) is 6.34 Å². The lowest BCUT2D eigenvalue weighted by atomic mass is 10.1. The Hall–Kier alpha value is -1.97. The van der Waals surface area contributed by atoms with Crippen LogP contribution in [0.3, 0.4) is 0 Å². The molecular weight excluding hydrogens is 178 g/mol. The van der Waals surface area contributed by atoms with Gasteiger partial charge in [0.05, 0.1) is 5.22 Å². The third kappa shape index (κ3) is 0.849. The summed E-state index contributed by atoms with van der Waals surface area (Å²) in [5, 5.41) is 13.2. The molecule has 0 atom stereocenters. The van der Waals surface area contributed by atoms with E-state index in [0.717, 1.165) is 21.4 Å². The van der Waals surface area contributed by atoms with Crippen LogP contribution in [0, 0.1) is 5.21 Å². The van der Waals surface area contributed by atoms with E-state index in [4.69, 9.17) is 0 Å². The van der Waals surface area contributed by atoms with Gasteiger partial charge in [0.1, 0.15) is 17.7 Å². The minimum absolute atomic E-state index is 0.298. The molecule has 0 saturated carbocycles. The lowest BCUT2D eigenvalue weighted by Crippen LogP contribution is -2.45. The summed E-state index contributed by atoms with van der Waals surface area (Å²) in [6, 6.07) is 7.45. The minimum atomic E-state index is 0.298. The highest BCUT2D eigenvalue weighted by Crippen LogP contribution is 2.06. The maximum absolute atomic E-state index is 11.6. The maximum atomic E-state index is 11.6. The van der Waals surface area contributed by atoms with Gasteiger partial charge in [-0.3, -0.25) is 0 Å². The average molecular weight is 185 g/mol. The van der Waals surface area contributed by atoms with Crippen LogP contribution in [-0.2, 0) is 0 Å².